The molecule has 2 unspecified atom stereocenters. The summed E-state index contributed by atoms with van der Waals surface area (Å²) >= 11 is 0. The van der Waals surface area contributed by atoms with Crippen molar-refractivity contribution in [1.82, 2.24) is 15.8 Å². The number of amides is 1. The highest BCUT2D eigenvalue weighted by Crippen LogP contribution is 2.40. The van der Waals surface area contributed by atoms with Gasteiger partial charge in [-0.05, 0) is 55.4 Å². The molecule has 0 radical (unpaired) electrons. The number of hydroxylamine groups is 1. The van der Waals surface area contributed by atoms with Crippen LogP contribution in [0.4, 0.5) is 0 Å². The van der Waals surface area contributed by atoms with E-state index in [1.807, 2.05) is 49.4 Å². The lowest BCUT2D eigenvalue weighted by atomic mass is 9.76. The molecule has 8 nitrogen and oxygen atoms in total. The Morgan fingerprint density at radius 1 is 1.26 bits per heavy atom. The van der Waals surface area contributed by atoms with Gasteiger partial charge in [-0.2, -0.15) is 0 Å². The smallest absolute Gasteiger partial charge is 0.243 e. The number of rotatable bonds is 6. The van der Waals surface area contributed by atoms with Gasteiger partial charge in [0.05, 0.1) is 11.2 Å². The highest BCUT2D eigenvalue weighted by atomic mass is 16.7. The molecular formula is C26H28N4O4. The number of hydrogen-bond acceptors (Lipinski definition) is 7. The van der Waals surface area contributed by atoms with Crippen molar-refractivity contribution in [3.05, 3.63) is 71.4 Å². The van der Waals surface area contributed by atoms with Gasteiger partial charge in [-0.15, -0.1) is 0 Å². The second-order valence-corrected chi connectivity index (χ2v) is 9.01. The van der Waals surface area contributed by atoms with E-state index in [4.69, 9.17) is 14.8 Å². The molecule has 34 heavy (non-hydrogen) atoms. The Balaban J connectivity index is 1.26. The molecule has 0 aliphatic carbocycles. The van der Waals surface area contributed by atoms with Crippen molar-refractivity contribution < 1.29 is 19.6 Å². The Bertz CT molecular complexity index is 1230. The fourth-order valence-electron chi connectivity index (χ4n) is 4.91. The van der Waals surface area contributed by atoms with Crippen molar-refractivity contribution in [2.75, 3.05) is 13.1 Å². The van der Waals surface area contributed by atoms with Crippen LogP contribution in [0.1, 0.15) is 36.1 Å². The average Bonchev–Trinajstić information content (AvgIpc) is 3.28. The number of benzene rings is 2. The molecule has 1 saturated heterocycles. The monoisotopic (exact) mass is 460 g/mol. The predicted molar refractivity (Wildman–Crippen MR) is 128 cm³/mol. The number of para-hydroxylation sites is 1. The normalized spacial score (nSPS) is 21.8. The quantitative estimate of drug-likeness (QED) is 0.384. The van der Waals surface area contributed by atoms with Crippen molar-refractivity contribution in [2.45, 2.75) is 38.4 Å². The van der Waals surface area contributed by atoms with Crippen molar-refractivity contribution in [3.63, 3.8) is 0 Å². The standard InChI is InChI=1S/C26H28N4O4/c1-17-12-19(22-4-2-3-5-23(22)28-17)16-33-21-8-6-18(7-9-21)24-14-26(34-30-24)10-11-27-15-20(26)13-25(31)29-32/h2-9,12,20,27,32H,10-11,13-16H2,1H3,(H,29,31). The van der Waals surface area contributed by atoms with Crippen LogP contribution in [0.15, 0.2) is 59.8 Å². The Kier molecular flexibility index (Phi) is 6.17. The molecule has 1 fully saturated rings. The van der Waals surface area contributed by atoms with E-state index in [0.29, 0.717) is 19.6 Å². The molecule has 5 rings (SSSR count). The summed E-state index contributed by atoms with van der Waals surface area (Å²) < 4.78 is 6.08. The number of oxime groups is 1. The Morgan fingerprint density at radius 3 is 2.91 bits per heavy atom. The van der Waals surface area contributed by atoms with Crippen molar-refractivity contribution in [2.24, 2.45) is 11.1 Å². The minimum absolute atomic E-state index is 0.0732. The summed E-state index contributed by atoms with van der Waals surface area (Å²) in [5.41, 5.74) is 6.07. The largest absolute Gasteiger partial charge is 0.489 e. The Morgan fingerprint density at radius 2 is 2.09 bits per heavy atom. The van der Waals surface area contributed by atoms with Crippen molar-refractivity contribution in [3.8, 4) is 5.75 Å². The molecular weight excluding hydrogens is 432 g/mol. The highest BCUT2D eigenvalue weighted by molar-refractivity contribution is 6.01. The van der Waals surface area contributed by atoms with Crippen LogP contribution in [-0.4, -0.2) is 40.5 Å². The third-order valence-electron chi connectivity index (χ3n) is 6.73. The number of aromatic nitrogens is 1. The van der Waals surface area contributed by atoms with Gasteiger partial charge in [-0.25, -0.2) is 5.48 Å². The number of nitrogens with one attached hydrogen (secondary N) is 2. The number of ether oxygens (including phenoxy) is 1. The summed E-state index contributed by atoms with van der Waals surface area (Å²) in [5.74, 6) is 0.288. The van der Waals surface area contributed by atoms with Gasteiger partial charge in [0.2, 0.25) is 5.91 Å². The lowest BCUT2D eigenvalue weighted by molar-refractivity contribution is -0.136. The van der Waals surface area contributed by atoms with Gasteiger partial charge in [-0.1, -0.05) is 23.4 Å². The zero-order valence-corrected chi connectivity index (χ0v) is 19.1. The second-order valence-electron chi connectivity index (χ2n) is 9.01. The molecule has 8 heteroatoms. The van der Waals surface area contributed by atoms with Crippen LogP contribution in [0.5, 0.6) is 5.75 Å². The van der Waals surface area contributed by atoms with E-state index in [0.717, 1.165) is 52.2 Å². The number of pyridine rings is 1. The number of piperidine rings is 1. The molecule has 2 aromatic carbocycles. The number of nitrogens with zero attached hydrogens (tertiary/aromatic N) is 2. The maximum atomic E-state index is 11.8. The number of hydrogen-bond donors (Lipinski definition) is 3. The molecule has 2 aliphatic rings. The SMILES string of the molecule is Cc1cc(COc2ccc(C3=NOC4(CCNCC4CC(=O)NO)C3)cc2)c2ccccc2n1. The van der Waals surface area contributed by atoms with Crippen molar-refractivity contribution >= 4 is 22.5 Å². The summed E-state index contributed by atoms with van der Waals surface area (Å²) in [7, 11) is 0. The van der Waals surface area contributed by atoms with Gasteiger partial charge in [0.1, 0.15) is 18.0 Å². The van der Waals surface area contributed by atoms with E-state index < -0.39 is 11.5 Å². The minimum atomic E-state index is -0.525. The lowest BCUT2D eigenvalue weighted by Crippen LogP contribution is -2.51. The Labute approximate surface area is 197 Å². The van der Waals surface area contributed by atoms with Crippen molar-refractivity contribution in [1.29, 1.82) is 0 Å². The highest BCUT2D eigenvalue weighted by Gasteiger charge is 2.48. The van der Waals surface area contributed by atoms with Crippen LogP contribution in [0, 0.1) is 12.8 Å². The Hall–Kier alpha value is -3.49. The van der Waals surface area contributed by atoms with Gasteiger partial charge >= 0.3 is 0 Å². The molecule has 1 spiro atoms. The zero-order chi connectivity index (χ0) is 23.5. The van der Waals surface area contributed by atoms with Crippen LogP contribution < -0.4 is 15.5 Å². The van der Waals surface area contributed by atoms with Crippen LogP contribution in [0.25, 0.3) is 10.9 Å². The van der Waals surface area contributed by atoms with Gasteiger partial charge in [-0.3, -0.25) is 15.0 Å². The van der Waals surface area contributed by atoms with Crippen LogP contribution in [0.2, 0.25) is 0 Å². The first-order chi connectivity index (χ1) is 16.6. The zero-order valence-electron chi connectivity index (χ0n) is 19.1. The first-order valence-electron chi connectivity index (χ1n) is 11.5. The van der Waals surface area contributed by atoms with E-state index in [1.165, 1.54) is 0 Å². The van der Waals surface area contributed by atoms with E-state index >= 15 is 0 Å². The molecule has 3 aromatic rings. The van der Waals surface area contributed by atoms with E-state index in [1.54, 1.807) is 5.48 Å². The number of fused-ring (bicyclic) bond motifs is 1. The number of aryl methyl sites for hydroxylation is 1. The summed E-state index contributed by atoms with van der Waals surface area (Å²) in [6.07, 6.45) is 1.56. The molecule has 0 bridgehead atoms. The molecule has 3 N–H and O–H groups in total. The van der Waals surface area contributed by atoms with E-state index in [2.05, 4.69) is 27.6 Å². The minimum Gasteiger partial charge on any atom is -0.489 e. The van der Waals surface area contributed by atoms with Crippen LogP contribution in [-0.2, 0) is 16.2 Å². The fraction of sp³-hybridized carbons (Fsp3) is 0.346. The molecule has 2 atom stereocenters. The maximum absolute atomic E-state index is 11.8. The summed E-state index contributed by atoms with van der Waals surface area (Å²) in [4.78, 5) is 22.3. The summed E-state index contributed by atoms with van der Waals surface area (Å²) in [6.45, 7) is 3.89. The van der Waals surface area contributed by atoms with Gasteiger partial charge in [0.15, 0.2) is 0 Å². The van der Waals surface area contributed by atoms with E-state index in [-0.39, 0.29) is 12.3 Å². The van der Waals surface area contributed by atoms with Gasteiger partial charge < -0.3 is 14.9 Å². The van der Waals surface area contributed by atoms with Gasteiger partial charge in [0.25, 0.3) is 0 Å². The van der Waals surface area contributed by atoms with Crippen LogP contribution in [0.3, 0.4) is 0 Å². The number of carbonyl (C=O) groups excluding carboxylic acids is 1. The first-order valence-corrected chi connectivity index (χ1v) is 11.5. The lowest BCUT2D eigenvalue weighted by Gasteiger charge is -2.38. The van der Waals surface area contributed by atoms with E-state index in [9.17, 15) is 4.79 Å². The number of carbonyl (C=O) groups is 1. The third kappa shape index (κ3) is 4.47. The first kappa shape index (κ1) is 22.3. The van der Waals surface area contributed by atoms with Crippen LogP contribution >= 0.6 is 0 Å². The predicted octanol–water partition coefficient (Wildman–Crippen LogP) is 3.49. The molecule has 1 aromatic heterocycles. The molecule has 0 saturated carbocycles. The molecule has 3 heterocycles. The molecule has 1 amide bonds. The molecule has 2 aliphatic heterocycles. The second kappa shape index (κ2) is 9.40. The fourth-order valence-corrected chi connectivity index (χ4v) is 4.91. The summed E-state index contributed by atoms with van der Waals surface area (Å²) in [5, 5.41) is 17.7. The summed E-state index contributed by atoms with van der Waals surface area (Å²) in [6, 6.07) is 18.0. The maximum Gasteiger partial charge on any atom is 0.243 e. The topological polar surface area (TPSA) is 105 Å². The average molecular weight is 461 g/mol. The van der Waals surface area contributed by atoms with Gasteiger partial charge in [0, 0.05) is 48.4 Å². The molecule has 176 valence electrons. The third-order valence-corrected chi connectivity index (χ3v) is 6.73.